The van der Waals surface area contributed by atoms with Crippen molar-refractivity contribution in [2.45, 2.75) is 26.8 Å². The summed E-state index contributed by atoms with van der Waals surface area (Å²) in [5.74, 6) is 2.53. The Hall–Kier alpha value is -1.36. The lowest BCUT2D eigenvalue weighted by Gasteiger charge is -2.19. The second kappa shape index (κ2) is 6.39. The van der Waals surface area contributed by atoms with Crippen molar-refractivity contribution in [3.63, 3.8) is 0 Å². The van der Waals surface area contributed by atoms with Gasteiger partial charge < -0.3 is 15.5 Å². The standard InChI is InChI=1S/C12H23N5/c1-6-13-11-7-12(16-10(3)15-11)14-9(2)8-17(4)5/h7,9H,6,8H2,1-5H3,(H2,13,14,15,16). The molecule has 1 aromatic rings. The zero-order chi connectivity index (χ0) is 12.8. The van der Waals surface area contributed by atoms with E-state index in [0.717, 1.165) is 30.5 Å². The summed E-state index contributed by atoms with van der Waals surface area (Å²) in [6.45, 7) is 7.94. The topological polar surface area (TPSA) is 53.1 Å². The van der Waals surface area contributed by atoms with Gasteiger partial charge in [-0.1, -0.05) is 0 Å². The summed E-state index contributed by atoms with van der Waals surface area (Å²) in [6, 6.07) is 2.30. The van der Waals surface area contributed by atoms with E-state index in [9.17, 15) is 0 Å². The van der Waals surface area contributed by atoms with Gasteiger partial charge in [0.1, 0.15) is 17.5 Å². The van der Waals surface area contributed by atoms with Crippen molar-refractivity contribution >= 4 is 11.6 Å². The van der Waals surface area contributed by atoms with Crippen LogP contribution in [0.5, 0.6) is 0 Å². The molecule has 0 spiro atoms. The molecular formula is C12H23N5. The van der Waals surface area contributed by atoms with Crippen molar-refractivity contribution in [3.8, 4) is 0 Å². The minimum absolute atomic E-state index is 0.355. The summed E-state index contributed by atoms with van der Waals surface area (Å²) in [5, 5.41) is 6.58. The molecule has 0 radical (unpaired) electrons. The van der Waals surface area contributed by atoms with Crippen molar-refractivity contribution in [2.75, 3.05) is 37.8 Å². The number of nitrogens with one attached hydrogen (secondary N) is 2. The van der Waals surface area contributed by atoms with Gasteiger partial charge in [0.15, 0.2) is 0 Å². The molecule has 0 saturated heterocycles. The number of aryl methyl sites for hydroxylation is 1. The molecule has 1 unspecified atom stereocenters. The Labute approximate surface area is 104 Å². The van der Waals surface area contributed by atoms with E-state index in [-0.39, 0.29) is 0 Å². The summed E-state index contributed by atoms with van der Waals surface area (Å²) < 4.78 is 0. The van der Waals surface area contributed by atoms with E-state index >= 15 is 0 Å². The predicted octanol–water partition coefficient (Wildman–Crippen LogP) is 1.58. The van der Waals surface area contributed by atoms with Crippen LogP contribution in [-0.4, -0.2) is 48.1 Å². The van der Waals surface area contributed by atoms with E-state index in [1.165, 1.54) is 0 Å². The summed E-state index contributed by atoms with van der Waals surface area (Å²) in [6.07, 6.45) is 0. The van der Waals surface area contributed by atoms with Crippen LogP contribution in [0.3, 0.4) is 0 Å². The van der Waals surface area contributed by atoms with Gasteiger partial charge in [-0.05, 0) is 34.9 Å². The second-order valence-electron chi connectivity index (χ2n) is 4.52. The lowest BCUT2D eigenvalue weighted by molar-refractivity contribution is 0.392. The number of rotatable bonds is 6. The van der Waals surface area contributed by atoms with Crippen LogP contribution in [0.1, 0.15) is 19.7 Å². The fraction of sp³-hybridized carbons (Fsp3) is 0.667. The second-order valence-corrected chi connectivity index (χ2v) is 4.52. The Morgan fingerprint density at radius 3 is 2.53 bits per heavy atom. The molecule has 0 saturated carbocycles. The van der Waals surface area contributed by atoms with Gasteiger partial charge in [-0.3, -0.25) is 0 Å². The third-order valence-electron chi connectivity index (χ3n) is 2.23. The smallest absolute Gasteiger partial charge is 0.132 e. The van der Waals surface area contributed by atoms with Gasteiger partial charge in [0, 0.05) is 25.2 Å². The van der Waals surface area contributed by atoms with Crippen LogP contribution in [0.15, 0.2) is 6.07 Å². The molecule has 0 aliphatic rings. The highest BCUT2D eigenvalue weighted by Crippen LogP contribution is 2.11. The number of hydrogen-bond acceptors (Lipinski definition) is 5. The Morgan fingerprint density at radius 1 is 1.29 bits per heavy atom. The first-order valence-corrected chi connectivity index (χ1v) is 6.02. The Morgan fingerprint density at radius 2 is 1.94 bits per heavy atom. The van der Waals surface area contributed by atoms with Crippen molar-refractivity contribution in [1.29, 1.82) is 0 Å². The Bertz CT molecular complexity index is 351. The summed E-state index contributed by atoms with van der Waals surface area (Å²) in [5.41, 5.74) is 0. The SMILES string of the molecule is CCNc1cc(NC(C)CN(C)C)nc(C)n1. The van der Waals surface area contributed by atoms with Gasteiger partial charge in [0.25, 0.3) is 0 Å². The van der Waals surface area contributed by atoms with Crippen LogP contribution in [0.4, 0.5) is 11.6 Å². The van der Waals surface area contributed by atoms with Crippen molar-refractivity contribution in [2.24, 2.45) is 0 Å². The quantitative estimate of drug-likeness (QED) is 0.786. The van der Waals surface area contributed by atoms with E-state index in [1.54, 1.807) is 0 Å². The first kappa shape index (κ1) is 13.7. The highest BCUT2D eigenvalue weighted by Gasteiger charge is 2.06. The van der Waals surface area contributed by atoms with Gasteiger partial charge >= 0.3 is 0 Å². The average molecular weight is 237 g/mol. The normalized spacial score (nSPS) is 12.6. The zero-order valence-corrected chi connectivity index (χ0v) is 11.4. The molecule has 0 bridgehead atoms. The van der Waals surface area contributed by atoms with Crippen LogP contribution in [0.25, 0.3) is 0 Å². The molecule has 2 N–H and O–H groups in total. The summed E-state index contributed by atoms with van der Waals surface area (Å²) in [4.78, 5) is 10.9. The molecule has 1 rings (SSSR count). The Kier molecular flexibility index (Phi) is 5.15. The van der Waals surface area contributed by atoms with Crippen LogP contribution in [0.2, 0.25) is 0 Å². The third-order valence-corrected chi connectivity index (χ3v) is 2.23. The van der Waals surface area contributed by atoms with Crippen molar-refractivity contribution < 1.29 is 0 Å². The number of nitrogens with zero attached hydrogens (tertiary/aromatic N) is 3. The van der Waals surface area contributed by atoms with Gasteiger partial charge in [0.2, 0.25) is 0 Å². The first-order chi connectivity index (χ1) is 8.01. The molecule has 5 heteroatoms. The number of aromatic nitrogens is 2. The molecule has 1 aromatic heterocycles. The fourth-order valence-electron chi connectivity index (χ4n) is 1.76. The van der Waals surface area contributed by atoms with Gasteiger partial charge in [-0.2, -0.15) is 0 Å². The molecule has 5 nitrogen and oxygen atoms in total. The van der Waals surface area contributed by atoms with Gasteiger partial charge in [0.05, 0.1) is 0 Å². The van der Waals surface area contributed by atoms with E-state index < -0.39 is 0 Å². The molecule has 1 atom stereocenters. The van der Waals surface area contributed by atoms with E-state index in [4.69, 9.17) is 0 Å². The molecule has 17 heavy (non-hydrogen) atoms. The Balaban J connectivity index is 2.69. The largest absolute Gasteiger partial charge is 0.370 e. The number of likely N-dealkylation sites (N-methyl/N-ethyl adjacent to an activating group) is 1. The van der Waals surface area contributed by atoms with E-state index in [2.05, 4.69) is 53.4 Å². The fourth-order valence-corrected chi connectivity index (χ4v) is 1.76. The molecular weight excluding hydrogens is 214 g/mol. The van der Waals surface area contributed by atoms with E-state index in [1.807, 2.05) is 13.0 Å². The van der Waals surface area contributed by atoms with Crippen LogP contribution < -0.4 is 10.6 Å². The number of anilines is 2. The molecule has 0 aliphatic carbocycles. The van der Waals surface area contributed by atoms with Gasteiger partial charge in [-0.25, -0.2) is 9.97 Å². The van der Waals surface area contributed by atoms with Crippen LogP contribution in [-0.2, 0) is 0 Å². The monoisotopic (exact) mass is 237 g/mol. The molecule has 0 amide bonds. The lowest BCUT2D eigenvalue weighted by Crippen LogP contribution is -2.30. The minimum atomic E-state index is 0.355. The van der Waals surface area contributed by atoms with Crippen molar-refractivity contribution in [1.82, 2.24) is 14.9 Å². The third kappa shape index (κ3) is 4.99. The minimum Gasteiger partial charge on any atom is -0.370 e. The molecule has 1 heterocycles. The summed E-state index contributed by atoms with van der Waals surface area (Å²) in [7, 11) is 4.13. The highest BCUT2D eigenvalue weighted by molar-refractivity contribution is 5.47. The first-order valence-electron chi connectivity index (χ1n) is 6.02. The van der Waals surface area contributed by atoms with Crippen molar-refractivity contribution in [3.05, 3.63) is 11.9 Å². The average Bonchev–Trinajstić information content (AvgIpc) is 2.14. The maximum absolute atomic E-state index is 4.38. The molecule has 96 valence electrons. The van der Waals surface area contributed by atoms with Crippen LogP contribution in [0, 0.1) is 6.92 Å². The maximum Gasteiger partial charge on any atom is 0.132 e. The maximum atomic E-state index is 4.38. The molecule has 0 aromatic carbocycles. The van der Waals surface area contributed by atoms with E-state index in [0.29, 0.717) is 6.04 Å². The molecule has 0 fully saturated rings. The summed E-state index contributed by atoms with van der Waals surface area (Å²) >= 11 is 0. The van der Waals surface area contributed by atoms with Crippen LogP contribution >= 0.6 is 0 Å². The number of hydrogen-bond donors (Lipinski definition) is 2. The predicted molar refractivity (Wildman–Crippen MR) is 72.6 cm³/mol. The molecule has 0 aliphatic heterocycles. The van der Waals surface area contributed by atoms with Gasteiger partial charge in [-0.15, -0.1) is 0 Å². The highest BCUT2D eigenvalue weighted by atomic mass is 15.1. The lowest BCUT2D eigenvalue weighted by atomic mass is 10.3. The zero-order valence-electron chi connectivity index (χ0n) is 11.4.